The Hall–Kier alpha value is -2.12. The molecule has 3 aliphatic rings. The summed E-state index contributed by atoms with van der Waals surface area (Å²) >= 11 is 0. The molecule has 1 saturated carbocycles. The summed E-state index contributed by atoms with van der Waals surface area (Å²) in [6, 6.07) is 0.656. The molecule has 0 aromatic carbocycles. The van der Waals surface area contributed by atoms with E-state index in [-0.39, 0.29) is 46.8 Å². The van der Waals surface area contributed by atoms with Gasteiger partial charge in [-0.05, 0) is 79.8 Å². The number of carbonyl (C=O) groups is 2. The van der Waals surface area contributed by atoms with Gasteiger partial charge in [0.25, 0.3) is 0 Å². The Morgan fingerprint density at radius 2 is 1.65 bits per heavy atom. The van der Waals surface area contributed by atoms with Gasteiger partial charge in [-0.15, -0.1) is 0 Å². The van der Waals surface area contributed by atoms with E-state index in [1.54, 1.807) is 0 Å². The number of amides is 1. The molecule has 1 saturated heterocycles. The van der Waals surface area contributed by atoms with Crippen LogP contribution in [-0.2, 0) is 14.3 Å². The van der Waals surface area contributed by atoms with Crippen molar-refractivity contribution in [3.05, 3.63) is 36.0 Å². The Labute approximate surface area is 319 Å². The number of aliphatic hydroxyl groups is 1. The average Bonchev–Trinajstić information content (AvgIpc) is 3.39. The number of esters is 1. The molecule has 2 heterocycles. The van der Waals surface area contributed by atoms with Crippen LogP contribution in [0.15, 0.2) is 36.0 Å². The number of hydrogen-bond acceptors (Lipinski definition) is 6. The van der Waals surface area contributed by atoms with Crippen molar-refractivity contribution in [1.82, 2.24) is 9.80 Å². The molecular weight excluding hydrogens is 649 g/mol. The van der Waals surface area contributed by atoms with Crippen LogP contribution in [0.4, 0.5) is 4.79 Å². The van der Waals surface area contributed by atoms with Crippen LogP contribution in [0.25, 0.3) is 0 Å². The summed E-state index contributed by atoms with van der Waals surface area (Å²) in [5.74, 6) is 1.11. The largest absolute Gasteiger partial charge is 0.457 e. The first-order valence-electron chi connectivity index (χ1n) is 21.1. The normalized spacial score (nSPS) is 29.6. The molecule has 0 spiro atoms. The standard InChI is InChI=1S/C45H78N2O5/c1-12-33(3)36(6)37(7)39(48)31-44(8,9)24-17-18-34(4)42-35(5)21-22-40(45(10,11)25-23-32(2)30-41(49)52-42)51-43(50)47-28-26-46(27-29-47)38-19-15-13-14-16-20-38/h17-18,21-22,24,32-33,35-40,42,48H,12-16,19-20,23,25-31H2,1-11H3/b22-21+,24-17+,34-18+. The molecule has 3 rings (SSSR count). The zero-order valence-corrected chi connectivity index (χ0v) is 35.2. The van der Waals surface area contributed by atoms with Crippen molar-refractivity contribution in [3.63, 3.8) is 0 Å². The van der Waals surface area contributed by atoms with E-state index in [0.29, 0.717) is 43.8 Å². The molecule has 0 aromatic rings. The number of hydrogen-bond donors (Lipinski definition) is 1. The van der Waals surface area contributed by atoms with Crippen LogP contribution in [0.3, 0.4) is 0 Å². The van der Waals surface area contributed by atoms with Gasteiger partial charge >= 0.3 is 12.1 Å². The van der Waals surface area contributed by atoms with E-state index in [2.05, 4.69) is 92.4 Å². The molecule has 52 heavy (non-hydrogen) atoms. The lowest BCUT2D eigenvalue weighted by atomic mass is 9.75. The lowest BCUT2D eigenvalue weighted by molar-refractivity contribution is -0.149. The van der Waals surface area contributed by atoms with Gasteiger partial charge in [0, 0.05) is 50.0 Å². The lowest BCUT2D eigenvalue weighted by Crippen LogP contribution is -2.52. The SMILES string of the molecule is CCC(C)C(C)C(C)C(O)CC(C)(C)/C=C/C=C(\C)C1OC(=O)CC(C)CCC(C)(C)C(OC(=O)N2CCN(C3CCCCCC3)CC2)/C=C/C1C. The molecule has 1 amide bonds. The number of allylic oxidation sites excluding steroid dienone is 3. The van der Waals surface area contributed by atoms with Gasteiger partial charge in [-0.25, -0.2) is 4.79 Å². The fourth-order valence-electron chi connectivity index (χ4n) is 8.45. The fourth-order valence-corrected chi connectivity index (χ4v) is 8.45. The molecule has 298 valence electrons. The van der Waals surface area contributed by atoms with Crippen LogP contribution < -0.4 is 0 Å². The number of aliphatic hydroxyl groups excluding tert-OH is 1. The maximum Gasteiger partial charge on any atom is 0.410 e. The van der Waals surface area contributed by atoms with Crippen LogP contribution in [0.5, 0.6) is 0 Å². The summed E-state index contributed by atoms with van der Waals surface area (Å²) in [4.78, 5) is 31.4. The Kier molecular flexibility index (Phi) is 17.5. The van der Waals surface area contributed by atoms with E-state index in [1.807, 2.05) is 24.0 Å². The predicted molar refractivity (Wildman–Crippen MR) is 215 cm³/mol. The van der Waals surface area contributed by atoms with E-state index >= 15 is 0 Å². The summed E-state index contributed by atoms with van der Waals surface area (Å²) in [7, 11) is 0. The van der Waals surface area contributed by atoms with E-state index in [4.69, 9.17) is 9.47 Å². The third-order valence-electron chi connectivity index (χ3n) is 13.1. The smallest absolute Gasteiger partial charge is 0.410 e. The molecule has 1 N–H and O–H groups in total. The summed E-state index contributed by atoms with van der Waals surface area (Å²) in [6.45, 7) is 27.1. The number of carbonyl (C=O) groups excluding carboxylic acids is 2. The van der Waals surface area contributed by atoms with Crippen LogP contribution in [0, 0.1) is 40.4 Å². The van der Waals surface area contributed by atoms with E-state index in [0.717, 1.165) is 37.9 Å². The van der Waals surface area contributed by atoms with Gasteiger partial charge in [-0.2, -0.15) is 0 Å². The summed E-state index contributed by atoms with van der Waals surface area (Å²) in [5.41, 5.74) is 0.462. The minimum absolute atomic E-state index is 0.124. The van der Waals surface area contributed by atoms with E-state index < -0.39 is 12.2 Å². The number of nitrogens with zero attached hydrogens (tertiary/aromatic N) is 2. The minimum atomic E-state index is -0.443. The van der Waals surface area contributed by atoms with Crippen LogP contribution in [0.1, 0.15) is 147 Å². The molecule has 8 atom stereocenters. The first-order valence-corrected chi connectivity index (χ1v) is 21.1. The molecule has 8 unspecified atom stereocenters. The third-order valence-corrected chi connectivity index (χ3v) is 13.1. The maximum absolute atomic E-state index is 13.7. The molecule has 1 aliphatic carbocycles. The highest BCUT2D eigenvalue weighted by molar-refractivity contribution is 5.70. The van der Waals surface area contributed by atoms with Crippen LogP contribution >= 0.6 is 0 Å². The zero-order chi connectivity index (χ0) is 38.6. The average molecular weight is 727 g/mol. The molecule has 2 fully saturated rings. The summed E-state index contributed by atoms with van der Waals surface area (Å²) in [6.07, 6.45) is 20.7. The minimum Gasteiger partial charge on any atom is -0.457 e. The molecular formula is C45H78N2O5. The Morgan fingerprint density at radius 3 is 2.27 bits per heavy atom. The number of cyclic esters (lactones) is 1. The van der Waals surface area contributed by atoms with Gasteiger partial charge in [0.05, 0.1) is 6.10 Å². The molecule has 0 bridgehead atoms. The van der Waals surface area contributed by atoms with Crippen molar-refractivity contribution in [2.45, 2.75) is 171 Å². The first-order chi connectivity index (χ1) is 24.4. The second-order valence-electron chi connectivity index (χ2n) is 18.6. The number of rotatable bonds is 11. The highest BCUT2D eigenvalue weighted by Crippen LogP contribution is 2.36. The maximum atomic E-state index is 13.7. The number of piperazine rings is 1. The fraction of sp³-hybridized carbons (Fsp3) is 0.822. The first kappa shape index (κ1) is 44.3. The Balaban J connectivity index is 1.73. The van der Waals surface area contributed by atoms with E-state index in [1.165, 1.54) is 38.5 Å². The van der Waals surface area contributed by atoms with Crippen molar-refractivity contribution in [1.29, 1.82) is 0 Å². The van der Waals surface area contributed by atoms with Crippen LogP contribution in [0.2, 0.25) is 0 Å². The van der Waals surface area contributed by atoms with Crippen molar-refractivity contribution in [2.24, 2.45) is 40.4 Å². The zero-order valence-electron chi connectivity index (χ0n) is 35.2. The van der Waals surface area contributed by atoms with Gasteiger partial charge < -0.3 is 19.5 Å². The topological polar surface area (TPSA) is 79.3 Å². The quantitative estimate of drug-likeness (QED) is 0.0988. The van der Waals surface area contributed by atoms with Crippen LogP contribution in [-0.4, -0.2) is 77.5 Å². The van der Waals surface area contributed by atoms with Gasteiger partial charge in [0.1, 0.15) is 12.2 Å². The Morgan fingerprint density at radius 1 is 1.02 bits per heavy atom. The lowest BCUT2D eigenvalue weighted by Gasteiger charge is -2.40. The van der Waals surface area contributed by atoms with Gasteiger partial charge in [0.2, 0.25) is 0 Å². The summed E-state index contributed by atoms with van der Waals surface area (Å²) < 4.78 is 12.5. The van der Waals surface area contributed by atoms with E-state index in [9.17, 15) is 14.7 Å². The molecule has 7 heteroatoms. The van der Waals surface area contributed by atoms with Crippen molar-refractivity contribution >= 4 is 12.1 Å². The van der Waals surface area contributed by atoms with Crippen molar-refractivity contribution < 1.29 is 24.2 Å². The highest BCUT2D eigenvalue weighted by atomic mass is 16.6. The second-order valence-corrected chi connectivity index (χ2v) is 18.6. The highest BCUT2D eigenvalue weighted by Gasteiger charge is 2.36. The molecule has 7 nitrogen and oxygen atoms in total. The molecule has 2 aliphatic heterocycles. The third kappa shape index (κ3) is 13.6. The van der Waals surface area contributed by atoms with Gasteiger partial charge in [-0.1, -0.05) is 126 Å². The predicted octanol–water partition coefficient (Wildman–Crippen LogP) is 10.4. The number of ether oxygens (including phenoxy) is 2. The Bertz CT molecular complexity index is 1190. The second kappa shape index (κ2) is 20.5. The van der Waals surface area contributed by atoms with Crippen molar-refractivity contribution in [3.8, 4) is 0 Å². The molecule has 0 aromatic heterocycles. The monoisotopic (exact) mass is 727 g/mol. The van der Waals surface area contributed by atoms with Gasteiger partial charge in [-0.3, -0.25) is 9.69 Å². The van der Waals surface area contributed by atoms with Gasteiger partial charge in [0.15, 0.2) is 0 Å². The summed E-state index contributed by atoms with van der Waals surface area (Å²) in [5, 5.41) is 11.1. The van der Waals surface area contributed by atoms with Crippen molar-refractivity contribution in [2.75, 3.05) is 26.2 Å². The molecule has 0 radical (unpaired) electrons.